The first-order valence-corrected chi connectivity index (χ1v) is 10.1. The molecule has 3 heteroatoms. The zero-order valence-electron chi connectivity index (χ0n) is 15.9. The number of rotatable bonds is 5. The van der Waals surface area contributed by atoms with Crippen molar-refractivity contribution >= 4 is 5.69 Å². The molecule has 2 aromatic rings. The molecule has 0 aromatic heterocycles. The summed E-state index contributed by atoms with van der Waals surface area (Å²) in [6.07, 6.45) is 2.72. The summed E-state index contributed by atoms with van der Waals surface area (Å²) in [5, 5.41) is 0. The zero-order chi connectivity index (χ0) is 17.8. The van der Waals surface area contributed by atoms with Crippen LogP contribution in [-0.4, -0.2) is 54.6 Å². The number of hydrogen-bond acceptors (Lipinski definition) is 3. The Kier molecular flexibility index (Phi) is 5.57. The van der Waals surface area contributed by atoms with Gasteiger partial charge >= 0.3 is 0 Å². The quantitative estimate of drug-likeness (QED) is 0.811. The van der Waals surface area contributed by atoms with Crippen LogP contribution < -0.4 is 4.90 Å². The topological polar surface area (TPSA) is 9.72 Å². The van der Waals surface area contributed by atoms with E-state index in [0.717, 1.165) is 26.2 Å². The minimum Gasteiger partial charge on any atom is -0.369 e. The minimum absolute atomic E-state index is 0.572. The Morgan fingerprint density at radius 1 is 0.846 bits per heavy atom. The van der Waals surface area contributed by atoms with Crippen LogP contribution in [0, 0.1) is 0 Å². The van der Waals surface area contributed by atoms with Gasteiger partial charge in [-0.3, -0.25) is 9.80 Å². The third kappa shape index (κ3) is 3.94. The fourth-order valence-corrected chi connectivity index (χ4v) is 4.58. The van der Waals surface area contributed by atoms with Crippen molar-refractivity contribution in [1.29, 1.82) is 0 Å². The predicted molar refractivity (Wildman–Crippen MR) is 110 cm³/mol. The fraction of sp³-hybridized carbons (Fsp3) is 0.478. The van der Waals surface area contributed by atoms with E-state index in [1.165, 1.54) is 37.2 Å². The van der Waals surface area contributed by atoms with Crippen LogP contribution in [0.4, 0.5) is 5.69 Å². The second-order valence-corrected chi connectivity index (χ2v) is 7.79. The smallest absolute Gasteiger partial charge is 0.0428 e. The average molecular weight is 350 g/mol. The SMILES string of the molecule is C[C@H]([C@H]1CN(c2ccccc2)CCN1Cc1ccccc1)N1CCCC1. The maximum atomic E-state index is 2.72. The first-order chi connectivity index (χ1) is 12.8. The van der Waals surface area contributed by atoms with Crippen LogP contribution in [0.15, 0.2) is 60.7 Å². The summed E-state index contributed by atoms with van der Waals surface area (Å²) in [6, 6.07) is 23.1. The van der Waals surface area contributed by atoms with Gasteiger partial charge in [0.05, 0.1) is 0 Å². The average Bonchev–Trinajstić information content (AvgIpc) is 3.24. The Morgan fingerprint density at radius 2 is 1.50 bits per heavy atom. The van der Waals surface area contributed by atoms with Crippen LogP contribution in [0.3, 0.4) is 0 Å². The van der Waals surface area contributed by atoms with Crippen LogP contribution in [0.5, 0.6) is 0 Å². The summed E-state index contributed by atoms with van der Waals surface area (Å²) in [7, 11) is 0. The van der Waals surface area contributed by atoms with Gasteiger partial charge in [-0.05, 0) is 50.6 Å². The number of nitrogens with zero attached hydrogens (tertiary/aromatic N) is 3. The second-order valence-electron chi connectivity index (χ2n) is 7.79. The summed E-state index contributed by atoms with van der Waals surface area (Å²) in [4.78, 5) is 8.01. The Labute approximate surface area is 158 Å². The summed E-state index contributed by atoms with van der Waals surface area (Å²) in [5.74, 6) is 0. The van der Waals surface area contributed by atoms with E-state index < -0.39 is 0 Å². The zero-order valence-corrected chi connectivity index (χ0v) is 15.9. The van der Waals surface area contributed by atoms with E-state index in [2.05, 4.69) is 82.3 Å². The largest absolute Gasteiger partial charge is 0.369 e. The van der Waals surface area contributed by atoms with Gasteiger partial charge in [0.2, 0.25) is 0 Å². The molecule has 26 heavy (non-hydrogen) atoms. The first-order valence-electron chi connectivity index (χ1n) is 10.1. The summed E-state index contributed by atoms with van der Waals surface area (Å²) in [5.41, 5.74) is 2.80. The van der Waals surface area contributed by atoms with Crippen LogP contribution in [0.1, 0.15) is 25.3 Å². The normalized spacial score (nSPS) is 23.3. The van der Waals surface area contributed by atoms with E-state index in [-0.39, 0.29) is 0 Å². The van der Waals surface area contributed by atoms with Crippen LogP contribution >= 0.6 is 0 Å². The molecule has 138 valence electrons. The van der Waals surface area contributed by atoms with Crippen LogP contribution in [0.25, 0.3) is 0 Å². The van der Waals surface area contributed by atoms with Crippen molar-refractivity contribution in [2.45, 2.75) is 38.4 Å². The monoisotopic (exact) mass is 349 g/mol. The van der Waals surface area contributed by atoms with Crippen molar-refractivity contribution in [1.82, 2.24) is 9.80 Å². The van der Waals surface area contributed by atoms with Gasteiger partial charge in [0, 0.05) is 44.0 Å². The lowest BCUT2D eigenvalue weighted by atomic mass is 10.0. The molecule has 0 bridgehead atoms. The van der Waals surface area contributed by atoms with Gasteiger partial charge in [0.25, 0.3) is 0 Å². The van der Waals surface area contributed by atoms with Gasteiger partial charge in [-0.1, -0.05) is 48.5 Å². The molecular formula is C23H31N3. The number of para-hydroxylation sites is 1. The Morgan fingerprint density at radius 3 is 2.19 bits per heavy atom. The maximum absolute atomic E-state index is 2.72. The number of piperazine rings is 1. The minimum atomic E-state index is 0.572. The van der Waals surface area contributed by atoms with E-state index in [4.69, 9.17) is 0 Å². The number of hydrogen-bond donors (Lipinski definition) is 0. The second kappa shape index (κ2) is 8.24. The van der Waals surface area contributed by atoms with Gasteiger partial charge in [0.15, 0.2) is 0 Å². The molecule has 0 spiro atoms. The van der Waals surface area contributed by atoms with Gasteiger partial charge < -0.3 is 4.90 Å². The lowest BCUT2D eigenvalue weighted by Gasteiger charge is -2.47. The van der Waals surface area contributed by atoms with Crippen molar-refractivity contribution in [3.8, 4) is 0 Å². The molecule has 2 atom stereocenters. The maximum Gasteiger partial charge on any atom is 0.0428 e. The van der Waals surface area contributed by atoms with E-state index in [0.29, 0.717) is 12.1 Å². The van der Waals surface area contributed by atoms with Crippen molar-refractivity contribution in [3.05, 3.63) is 66.2 Å². The molecule has 0 unspecified atom stereocenters. The molecule has 3 nitrogen and oxygen atoms in total. The highest BCUT2D eigenvalue weighted by Gasteiger charge is 2.34. The first kappa shape index (κ1) is 17.6. The number of anilines is 1. The molecule has 0 saturated carbocycles. The molecule has 2 saturated heterocycles. The third-order valence-corrected chi connectivity index (χ3v) is 6.16. The van der Waals surface area contributed by atoms with E-state index >= 15 is 0 Å². The molecule has 2 aliphatic rings. The highest BCUT2D eigenvalue weighted by atomic mass is 15.3. The van der Waals surface area contributed by atoms with E-state index in [9.17, 15) is 0 Å². The van der Waals surface area contributed by atoms with Crippen LogP contribution in [-0.2, 0) is 6.54 Å². The highest BCUT2D eigenvalue weighted by Crippen LogP contribution is 2.25. The van der Waals surface area contributed by atoms with Crippen molar-refractivity contribution in [3.63, 3.8) is 0 Å². The van der Waals surface area contributed by atoms with Gasteiger partial charge in [-0.15, -0.1) is 0 Å². The highest BCUT2D eigenvalue weighted by molar-refractivity contribution is 5.46. The molecular weight excluding hydrogens is 318 g/mol. The van der Waals surface area contributed by atoms with Crippen LogP contribution in [0.2, 0.25) is 0 Å². The molecule has 4 rings (SSSR count). The molecule has 2 fully saturated rings. The molecule has 2 aliphatic heterocycles. The van der Waals surface area contributed by atoms with Crippen molar-refractivity contribution in [2.24, 2.45) is 0 Å². The lowest BCUT2D eigenvalue weighted by Crippen LogP contribution is -2.60. The number of benzene rings is 2. The Bertz CT molecular complexity index is 666. The molecule has 0 aliphatic carbocycles. The fourth-order valence-electron chi connectivity index (χ4n) is 4.58. The van der Waals surface area contributed by atoms with Crippen molar-refractivity contribution < 1.29 is 0 Å². The summed E-state index contributed by atoms with van der Waals surface area (Å²) < 4.78 is 0. The third-order valence-electron chi connectivity index (χ3n) is 6.16. The van der Waals surface area contributed by atoms with Gasteiger partial charge in [0.1, 0.15) is 0 Å². The predicted octanol–water partition coefficient (Wildman–Crippen LogP) is 3.86. The Hall–Kier alpha value is -1.84. The molecule has 2 aromatic carbocycles. The number of likely N-dealkylation sites (tertiary alicyclic amines) is 1. The molecule has 0 radical (unpaired) electrons. The Balaban J connectivity index is 1.53. The lowest BCUT2D eigenvalue weighted by molar-refractivity contribution is 0.0846. The van der Waals surface area contributed by atoms with Gasteiger partial charge in [-0.2, -0.15) is 0 Å². The molecule has 2 heterocycles. The molecule has 0 amide bonds. The molecule has 0 N–H and O–H groups in total. The van der Waals surface area contributed by atoms with E-state index in [1.54, 1.807) is 0 Å². The summed E-state index contributed by atoms with van der Waals surface area (Å²) in [6.45, 7) is 9.40. The van der Waals surface area contributed by atoms with Crippen molar-refractivity contribution in [2.75, 3.05) is 37.6 Å². The standard InChI is InChI=1S/C23H31N3/c1-20(24-14-8-9-15-24)23-19-25(22-12-6-3-7-13-22)16-17-26(23)18-21-10-4-2-5-11-21/h2-7,10-13,20,23H,8-9,14-19H2,1H3/t20-,23-/m1/s1. The van der Waals surface area contributed by atoms with E-state index in [1.807, 2.05) is 0 Å². The summed E-state index contributed by atoms with van der Waals surface area (Å²) >= 11 is 0. The van der Waals surface area contributed by atoms with Gasteiger partial charge in [-0.25, -0.2) is 0 Å².